The highest BCUT2D eigenvalue weighted by Gasteiger charge is 2.42. The molecule has 0 bridgehead atoms. The summed E-state index contributed by atoms with van der Waals surface area (Å²) in [4.78, 5) is 12.3. The maximum atomic E-state index is 12.3. The van der Waals surface area contributed by atoms with Gasteiger partial charge in [-0.15, -0.1) is 0 Å². The standard InChI is InChI=1S/C15H22N2O4/c1-20-12-4-3-11(9-13(12)21-8-7-18)17-14(19)15(10-16)5-2-6-15/h3-4,9,18H,2,5-8,10,16H2,1H3,(H,17,19). The number of aliphatic hydroxyl groups is 1. The van der Waals surface area contributed by atoms with E-state index in [-0.39, 0.29) is 19.1 Å². The molecule has 1 aromatic carbocycles. The lowest BCUT2D eigenvalue weighted by molar-refractivity contribution is -0.129. The molecule has 0 aromatic heterocycles. The van der Waals surface area contributed by atoms with Crippen LogP contribution in [0, 0.1) is 5.41 Å². The number of carbonyl (C=O) groups is 1. The molecule has 1 aliphatic rings. The molecule has 1 amide bonds. The van der Waals surface area contributed by atoms with Crippen LogP contribution in [0.2, 0.25) is 0 Å². The first-order valence-corrected chi connectivity index (χ1v) is 7.08. The first-order valence-electron chi connectivity index (χ1n) is 7.08. The summed E-state index contributed by atoms with van der Waals surface area (Å²) in [6.45, 7) is 0.444. The minimum absolute atomic E-state index is 0.0467. The number of benzene rings is 1. The minimum atomic E-state index is -0.425. The van der Waals surface area contributed by atoms with Crippen molar-refractivity contribution in [3.63, 3.8) is 0 Å². The maximum absolute atomic E-state index is 12.3. The molecule has 0 spiro atoms. The van der Waals surface area contributed by atoms with E-state index in [1.807, 2.05) is 0 Å². The van der Waals surface area contributed by atoms with Crippen LogP contribution in [0.3, 0.4) is 0 Å². The first kappa shape index (κ1) is 15.6. The lowest BCUT2D eigenvalue weighted by atomic mass is 9.68. The lowest BCUT2D eigenvalue weighted by Crippen LogP contribution is -2.47. The Morgan fingerprint density at radius 1 is 1.43 bits per heavy atom. The second kappa shape index (κ2) is 6.78. The van der Waals surface area contributed by atoms with Crippen LogP contribution in [-0.2, 0) is 4.79 Å². The molecular weight excluding hydrogens is 272 g/mol. The van der Waals surface area contributed by atoms with E-state index in [1.54, 1.807) is 18.2 Å². The van der Waals surface area contributed by atoms with Gasteiger partial charge in [-0.3, -0.25) is 4.79 Å². The van der Waals surface area contributed by atoms with Crippen molar-refractivity contribution in [2.24, 2.45) is 11.1 Å². The summed E-state index contributed by atoms with van der Waals surface area (Å²) in [7, 11) is 1.54. The summed E-state index contributed by atoms with van der Waals surface area (Å²) >= 11 is 0. The van der Waals surface area contributed by atoms with Gasteiger partial charge in [0.1, 0.15) is 6.61 Å². The highest BCUT2D eigenvalue weighted by Crippen LogP contribution is 2.41. The molecule has 1 fully saturated rings. The number of nitrogens with one attached hydrogen (secondary N) is 1. The molecule has 6 nitrogen and oxygen atoms in total. The smallest absolute Gasteiger partial charge is 0.231 e. The van der Waals surface area contributed by atoms with Gasteiger partial charge in [-0.25, -0.2) is 0 Å². The van der Waals surface area contributed by atoms with Crippen LogP contribution in [0.25, 0.3) is 0 Å². The fraction of sp³-hybridized carbons (Fsp3) is 0.533. The molecule has 0 radical (unpaired) electrons. The average Bonchev–Trinajstić information content (AvgIpc) is 2.44. The van der Waals surface area contributed by atoms with Crippen molar-refractivity contribution in [3.05, 3.63) is 18.2 Å². The Morgan fingerprint density at radius 3 is 2.71 bits per heavy atom. The monoisotopic (exact) mass is 294 g/mol. The highest BCUT2D eigenvalue weighted by atomic mass is 16.5. The predicted molar refractivity (Wildman–Crippen MR) is 79.5 cm³/mol. The molecule has 116 valence electrons. The summed E-state index contributed by atoms with van der Waals surface area (Å²) in [5.74, 6) is 0.993. The van der Waals surface area contributed by atoms with Crippen LogP contribution in [0.4, 0.5) is 5.69 Å². The number of ether oxygens (including phenoxy) is 2. The first-order chi connectivity index (χ1) is 10.1. The molecule has 0 aliphatic heterocycles. The van der Waals surface area contributed by atoms with Crippen molar-refractivity contribution >= 4 is 11.6 Å². The summed E-state index contributed by atoms with van der Waals surface area (Å²) in [5, 5.41) is 11.7. The van der Waals surface area contributed by atoms with E-state index in [9.17, 15) is 4.79 Å². The zero-order chi connectivity index (χ0) is 15.3. The molecule has 0 saturated heterocycles. The van der Waals surface area contributed by atoms with Crippen molar-refractivity contribution < 1.29 is 19.4 Å². The van der Waals surface area contributed by atoms with Crippen molar-refractivity contribution in [1.29, 1.82) is 0 Å². The Bertz CT molecular complexity index is 495. The van der Waals surface area contributed by atoms with Gasteiger partial charge in [0.2, 0.25) is 5.91 Å². The van der Waals surface area contributed by atoms with Gasteiger partial charge in [0, 0.05) is 18.3 Å². The topological polar surface area (TPSA) is 93.8 Å². The third kappa shape index (κ3) is 3.28. The van der Waals surface area contributed by atoms with Gasteiger partial charge in [-0.05, 0) is 25.0 Å². The van der Waals surface area contributed by atoms with Crippen molar-refractivity contribution in [2.75, 3.05) is 32.2 Å². The third-order valence-electron chi connectivity index (χ3n) is 3.95. The van der Waals surface area contributed by atoms with E-state index in [2.05, 4.69) is 5.32 Å². The Hall–Kier alpha value is -1.79. The van der Waals surface area contributed by atoms with Crippen LogP contribution in [0.1, 0.15) is 19.3 Å². The van der Waals surface area contributed by atoms with Crippen LogP contribution in [0.15, 0.2) is 18.2 Å². The van der Waals surface area contributed by atoms with Crippen molar-refractivity contribution in [3.8, 4) is 11.5 Å². The fourth-order valence-corrected chi connectivity index (χ4v) is 2.41. The largest absolute Gasteiger partial charge is 0.493 e. The lowest BCUT2D eigenvalue weighted by Gasteiger charge is -2.39. The molecule has 6 heteroatoms. The summed E-state index contributed by atoms with van der Waals surface area (Å²) in [6.07, 6.45) is 2.71. The fourth-order valence-electron chi connectivity index (χ4n) is 2.41. The van der Waals surface area contributed by atoms with Gasteiger partial charge in [-0.1, -0.05) is 6.42 Å². The van der Waals surface area contributed by atoms with Crippen LogP contribution >= 0.6 is 0 Å². The van der Waals surface area contributed by atoms with Crippen LogP contribution in [0.5, 0.6) is 11.5 Å². The number of aliphatic hydroxyl groups excluding tert-OH is 1. The number of nitrogens with two attached hydrogens (primary N) is 1. The number of methoxy groups -OCH3 is 1. The van der Waals surface area contributed by atoms with Gasteiger partial charge in [-0.2, -0.15) is 0 Å². The number of hydrogen-bond donors (Lipinski definition) is 3. The molecule has 0 heterocycles. The van der Waals surface area contributed by atoms with Gasteiger partial charge >= 0.3 is 0 Å². The molecule has 0 atom stereocenters. The SMILES string of the molecule is COc1ccc(NC(=O)C2(CN)CCC2)cc1OCCO. The summed E-state index contributed by atoms with van der Waals surface area (Å²) < 4.78 is 10.6. The molecule has 4 N–H and O–H groups in total. The van der Waals surface area contributed by atoms with Gasteiger partial charge in [0.05, 0.1) is 19.1 Å². The quantitative estimate of drug-likeness (QED) is 0.701. The predicted octanol–water partition coefficient (Wildman–Crippen LogP) is 1.13. The molecule has 0 unspecified atom stereocenters. The number of hydrogen-bond acceptors (Lipinski definition) is 5. The van der Waals surface area contributed by atoms with Crippen LogP contribution in [-0.4, -0.2) is 37.9 Å². The summed E-state index contributed by atoms with van der Waals surface area (Å²) in [6, 6.07) is 5.17. The highest BCUT2D eigenvalue weighted by molar-refractivity contribution is 5.96. The Labute approximate surface area is 124 Å². The Morgan fingerprint density at radius 2 is 2.19 bits per heavy atom. The van der Waals surface area contributed by atoms with E-state index in [1.165, 1.54) is 7.11 Å². The van der Waals surface area contributed by atoms with Crippen LogP contribution < -0.4 is 20.5 Å². The molecule has 21 heavy (non-hydrogen) atoms. The van der Waals surface area contributed by atoms with Crippen molar-refractivity contribution in [1.82, 2.24) is 0 Å². The van der Waals surface area contributed by atoms with Gasteiger partial charge in [0.15, 0.2) is 11.5 Å². The maximum Gasteiger partial charge on any atom is 0.231 e. The second-order valence-corrected chi connectivity index (χ2v) is 5.23. The van der Waals surface area contributed by atoms with E-state index in [0.29, 0.717) is 23.7 Å². The number of amides is 1. The Kier molecular flexibility index (Phi) is 5.03. The van der Waals surface area contributed by atoms with Gasteiger partial charge < -0.3 is 25.6 Å². The molecule has 1 aromatic rings. The average molecular weight is 294 g/mol. The summed E-state index contributed by atoms with van der Waals surface area (Å²) in [5.41, 5.74) is 5.94. The van der Waals surface area contributed by atoms with Crippen molar-refractivity contribution in [2.45, 2.75) is 19.3 Å². The van der Waals surface area contributed by atoms with E-state index in [0.717, 1.165) is 19.3 Å². The molecule has 1 saturated carbocycles. The number of rotatable bonds is 7. The number of anilines is 1. The van der Waals surface area contributed by atoms with E-state index >= 15 is 0 Å². The van der Waals surface area contributed by atoms with E-state index in [4.69, 9.17) is 20.3 Å². The molecular formula is C15H22N2O4. The number of carbonyl (C=O) groups excluding carboxylic acids is 1. The zero-order valence-electron chi connectivity index (χ0n) is 12.2. The third-order valence-corrected chi connectivity index (χ3v) is 3.95. The van der Waals surface area contributed by atoms with Gasteiger partial charge in [0.25, 0.3) is 0 Å². The normalized spacial score (nSPS) is 16.0. The van der Waals surface area contributed by atoms with E-state index < -0.39 is 5.41 Å². The minimum Gasteiger partial charge on any atom is -0.493 e. The Balaban J connectivity index is 2.11. The zero-order valence-corrected chi connectivity index (χ0v) is 12.2. The second-order valence-electron chi connectivity index (χ2n) is 5.23. The molecule has 1 aliphatic carbocycles. The molecule has 2 rings (SSSR count).